The van der Waals surface area contributed by atoms with Gasteiger partial charge in [-0.2, -0.15) is 0 Å². The second-order valence-electron chi connectivity index (χ2n) is 6.58. The molecule has 0 heterocycles. The smallest absolute Gasteiger partial charge is 0.412 e. The summed E-state index contributed by atoms with van der Waals surface area (Å²) < 4.78 is 9.82. The van der Waals surface area contributed by atoms with Crippen molar-refractivity contribution < 1.29 is 23.9 Å². The van der Waals surface area contributed by atoms with E-state index < -0.39 is 23.6 Å². The Morgan fingerprint density at radius 2 is 1.76 bits per heavy atom. The quantitative estimate of drug-likeness (QED) is 0.642. The van der Waals surface area contributed by atoms with E-state index in [2.05, 4.69) is 10.1 Å². The van der Waals surface area contributed by atoms with Crippen LogP contribution in [-0.4, -0.2) is 30.7 Å². The Morgan fingerprint density at radius 3 is 2.24 bits per heavy atom. The molecule has 1 aromatic carbocycles. The van der Waals surface area contributed by atoms with Crippen molar-refractivity contribution in [3.63, 3.8) is 0 Å². The lowest BCUT2D eigenvalue weighted by molar-refractivity contribution is -0.136. The standard InChI is InChI=1S/C18H24N2O5/c1-10-7-11(2)12(13(8-10)15(19)21)9-14(16(22)24-6)20-17(23)25-18(3,4)5/h7-9H,1-6H3,(H2,19,21)(H,20,23). The Hall–Kier alpha value is -2.83. The molecule has 1 aromatic rings. The number of carbonyl (C=O) groups excluding carboxylic acids is 3. The summed E-state index contributed by atoms with van der Waals surface area (Å²) >= 11 is 0. The molecule has 25 heavy (non-hydrogen) atoms. The number of esters is 1. The van der Waals surface area contributed by atoms with Crippen LogP contribution in [0.15, 0.2) is 17.8 Å². The molecule has 7 heteroatoms. The third kappa shape index (κ3) is 5.95. The molecule has 0 bridgehead atoms. The van der Waals surface area contributed by atoms with Gasteiger partial charge in [-0.1, -0.05) is 11.6 Å². The molecule has 3 N–H and O–H groups in total. The van der Waals surface area contributed by atoms with Gasteiger partial charge in [-0.3, -0.25) is 10.1 Å². The van der Waals surface area contributed by atoms with Crippen molar-refractivity contribution in [3.8, 4) is 0 Å². The van der Waals surface area contributed by atoms with Gasteiger partial charge in [0, 0.05) is 5.56 Å². The minimum absolute atomic E-state index is 0.161. The lowest BCUT2D eigenvalue weighted by atomic mass is 9.97. The van der Waals surface area contributed by atoms with Crippen LogP contribution in [0.3, 0.4) is 0 Å². The number of hydrogen-bond acceptors (Lipinski definition) is 5. The molecule has 2 amide bonds. The maximum atomic E-state index is 12.0. The number of alkyl carbamates (subject to hydrolysis) is 1. The topological polar surface area (TPSA) is 108 Å². The van der Waals surface area contributed by atoms with Crippen molar-refractivity contribution in [3.05, 3.63) is 40.1 Å². The molecule has 136 valence electrons. The average molecular weight is 348 g/mol. The molecule has 0 saturated heterocycles. The molecule has 0 aliphatic heterocycles. The normalized spacial score (nSPS) is 11.7. The van der Waals surface area contributed by atoms with Gasteiger partial charge in [0.2, 0.25) is 5.91 Å². The van der Waals surface area contributed by atoms with E-state index in [1.165, 1.54) is 13.2 Å². The highest BCUT2D eigenvalue weighted by Crippen LogP contribution is 2.20. The molecular weight excluding hydrogens is 324 g/mol. The van der Waals surface area contributed by atoms with Crippen molar-refractivity contribution in [2.75, 3.05) is 7.11 Å². The molecule has 0 fully saturated rings. The summed E-state index contributed by atoms with van der Waals surface area (Å²) in [5.74, 6) is -1.42. The molecule has 0 atom stereocenters. The summed E-state index contributed by atoms with van der Waals surface area (Å²) in [5, 5.41) is 2.35. The van der Waals surface area contributed by atoms with Crippen LogP contribution in [-0.2, 0) is 14.3 Å². The van der Waals surface area contributed by atoms with Crippen LogP contribution in [0.4, 0.5) is 4.79 Å². The largest absolute Gasteiger partial charge is 0.464 e. The molecular formula is C18H24N2O5. The van der Waals surface area contributed by atoms with Gasteiger partial charge in [0.15, 0.2) is 0 Å². The lowest BCUT2D eigenvalue weighted by Gasteiger charge is -2.20. The van der Waals surface area contributed by atoms with Gasteiger partial charge in [0.05, 0.1) is 7.11 Å². The van der Waals surface area contributed by atoms with Crippen molar-refractivity contribution in [2.24, 2.45) is 5.73 Å². The Bertz CT molecular complexity index is 730. The van der Waals surface area contributed by atoms with Crippen LogP contribution in [0.5, 0.6) is 0 Å². The molecule has 1 rings (SSSR count). The van der Waals surface area contributed by atoms with E-state index in [0.29, 0.717) is 5.56 Å². The number of hydrogen-bond donors (Lipinski definition) is 2. The molecule has 0 radical (unpaired) electrons. The zero-order chi connectivity index (χ0) is 19.4. The monoisotopic (exact) mass is 348 g/mol. The number of aryl methyl sites for hydroxylation is 2. The number of primary amides is 1. The first-order chi connectivity index (χ1) is 11.4. The number of benzene rings is 1. The first-order valence-corrected chi connectivity index (χ1v) is 7.65. The first kappa shape index (κ1) is 20.2. The number of amides is 2. The fourth-order valence-electron chi connectivity index (χ4n) is 2.19. The molecule has 7 nitrogen and oxygen atoms in total. The van der Waals surface area contributed by atoms with Crippen LogP contribution in [0.25, 0.3) is 6.08 Å². The predicted molar refractivity (Wildman–Crippen MR) is 93.8 cm³/mol. The Kier molecular flexibility index (Phi) is 6.33. The summed E-state index contributed by atoms with van der Waals surface area (Å²) in [4.78, 5) is 35.7. The zero-order valence-electron chi connectivity index (χ0n) is 15.4. The number of rotatable bonds is 4. The maximum absolute atomic E-state index is 12.0. The fourth-order valence-corrected chi connectivity index (χ4v) is 2.19. The first-order valence-electron chi connectivity index (χ1n) is 7.65. The van der Waals surface area contributed by atoms with E-state index in [4.69, 9.17) is 10.5 Å². The minimum Gasteiger partial charge on any atom is -0.464 e. The van der Waals surface area contributed by atoms with Gasteiger partial charge < -0.3 is 15.2 Å². The Labute approximate surface area is 147 Å². The minimum atomic E-state index is -0.811. The summed E-state index contributed by atoms with van der Waals surface area (Å²) in [6.45, 7) is 8.69. The van der Waals surface area contributed by atoms with E-state index in [1.54, 1.807) is 33.8 Å². The number of methoxy groups -OCH3 is 1. The zero-order valence-corrected chi connectivity index (χ0v) is 15.4. The summed E-state index contributed by atoms with van der Waals surface area (Å²) in [6.07, 6.45) is 0.541. The van der Waals surface area contributed by atoms with Crippen molar-refractivity contribution in [2.45, 2.75) is 40.2 Å². The Morgan fingerprint density at radius 1 is 1.16 bits per heavy atom. The Balaban J connectivity index is 3.36. The highest BCUT2D eigenvalue weighted by atomic mass is 16.6. The molecule has 0 aliphatic carbocycles. The summed E-state index contributed by atoms with van der Waals surface area (Å²) in [6, 6.07) is 3.45. The van der Waals surface area contributed by atoms with E-state index >= 15 is 0 Å². The second-order valence-corrected chi connectivity index (χ2v) is 6.58. The number of carbonyl (C=O) groups is 3. The van der Waals surface area contributed by atoms with Crippen LogP contribution >= 0.6 is 0 Å². The summed E-state index contributed by atoms with van der Waals surface area (Å²) in [5.41, 5.74) is 6.77. The van der Waals surface area contributed by atoms with Gasteiger partial charge >= 0.3 is 12.1 Å². The van der Waals surface area contributed by atoms with E-state index in [-0.39, 0.29) is 11.3 Å². The molecule has 0 spiro atoms. The second kappa shape index (κ2) is 7.83. The fraction of sp³-hybridized carbons (Fsp3) is 0.389. The van der Waals surface area contributed by atoms with Gasteiger partial charge in [-0.25, -0.2) is 9.59 Å². The highest BCUT2D eigenvalue weighted by Gasteiger charge is 2.21. The van der Waals surface area contributed by atoms with Crippen LogP contribution in [0.1, 0.15) is 47.8 Å². The lowest BCUT2D eigenvalue weighted by Crippen LogP contribution is -2.34. The van der Waals surface area contributed by atoms with Crippen molar-refractivity contribution in [1.29, 1.82) is 0 Å². The number of ether oxygens (including phenoxy) is 2. The SMILES string of the molecule is COC(=O)C(=Cc1c(C)cc(C)cc1C(N)=O)NC(=O)OC(C)(C)C. The maximum Gasteiger partial charge on any atom is 0.412 e. The highest BCUT2D eigenvalue weighted by molar-refractivity contribution is 6.01. The number of nitrogens with one attached hydrogen (secondary N) is 1. The van der Waals surface area contributed by atoms with E-state index in [9.17, 15) is 14.4 Å². The van der Waals surface area contributed by atoms with E-state index in [0.717, 1.165) is 11.1 Å². The van der Waals surface area contributed by atoms with Gasteiger partial charge in [-0.05, 0) is 57.9 Å². The van der Waals surface area contributed by atoms with Crippen molar-refractivity contribution in [1.82, 2.24) is 5.32 Å². The molecule has 0 aliphatic rings. The van der Waals surface area contributed by atoms with Gasteiger partial charge in [-0.15, -0.1) is 0 Å². The third-order valence-corrected chi connectivity index (χ3v) is 3.13. The van der Waals surface area contributed by atoms with Crippen molar-refractivity contribution >= 4 is 24.0 Å². The summed E-state index contributed by atoms with van der Waals surface area (Å²) in [7, 11) is 1.18. The van der Waals surface area contributed by atoms with Crippen LogP contribution in [0, 0.1) is 13.8 Å². The molecule has 0 unspecified atom stereocenters. The third-order valence-electron chi connectivity index (χ3n) is 3.13. The van der Waals surface area contributed by atoms with Crippen LogP contribution in [0.2, 0.25) is 0 Å². The van der Waals surface area contributed by atoms with Gasteiger partial charge in [0.25, 0.3) is 0 Å². The average Bonchev–Trinajstić information content (AvgIpc) is 2.45. The molecule has 0 saturated carbocycles. The van der Waals surface area contributed by atoms with Crippen LogP contribution < -0.4 is 11.1 Å². The predicted octanol–water partition coefficient (Wildman–Crippen LogP) is 2.44. The van der Waals surface area contributed by atoms with Gasteiger partial charge in [0.1, 0.15) is 11.3 Å². The molecule has 0 aromatic heterocycles. The van der Waals surface area contributed by atoms with E-state index in [1.807, 2.05) is 13.0 Å². The number of nitrogens with two attached hydrogens (primary N) is 1.